The number of nitrogens with zero attached hydrogens (tertiary/aromatic N) is 4. The quantitative estimate of drug-likeness (QED) is 0.126. The molecule has 0 aliphatic carbocycles. The maximum absolute atomic E-state index is 6.26. The maximum Gasteiger partial charge on any atom is 0.161 e. The molecule has 0 N–H and O–H groups in total. The summed E-state index contributed by atoms with van der Waals surface area (Å²) in [4.78, 5) is 14.7. The maximum atomic E-state index is 6.26. The number of furan rings is 2. The van der Waals surface area contributed by atoms with Crippen LogP contribution in [-0.2, 0) is 6.54 Å². The molecule has 274 valence electrons. The van der Waals surface area contributed by atoms with Crippen LogP contribution in [0.2, 0.25) is 0 Å². The van der Waals surface area contributed by atoms with Gasteiger partial charge in [-0.25, -0.2) is 9.98 Å². The van der Waals surface area contributed by atoms with Crippen molar-refractivity contribution in [3.05, 3.63) is 199 Å². The Morgan fingerprint density at radius 2 is 1.14 bits per heavy atom. The monoisotopic (exact) mass is 746 g/mol. The van der Waals surface area contributed by atoms with Gasteiger partial charge in [-0.1, -0.05) is 121 Å². The van der Waals surface area contributed by atoms with Crippen LogP contribution in [0.5, 0.6) is 0 Å². The van der Waals surface area contributed by atoms with Crippen molar-refractivity contribution in [1.82, 2.24) is 4.57 Å². The molecule has 6 heteroatoms. The van der Waals surface area contributed by atoms with E-state index in [0.717, 1.165) is 88.4 Å². The number of benzene rings is 8. The van der Waals surface area contributed by atoms with Gasteiger partial charge in [-0.3, -0.25) is 4.99 Å². The fraction of sp³-hybridized carbons (Fsp3) is 0.0192. The molecule has 0 fully saturated rings. The van der Waals surface area contributed by atoms with E-state index in [1.54, 1.807) is 0 Å². The topological polar surface area (TPSA) is 68.3 Å². The van der Waals surface area contributed by atoms with Crippen LogP contribution < -0.4 is 0 Å². The van der Waals surface area contributed by atoms with E-state index in [0.29, 0.717) is 18.2 Å². The van der Waals surface area contributed by atoms with Crippen LogP contribution in [0.3, 0.4) is 0 Å². The predicted molar refractivity (Wildman–Crippen MR) is 240 cm³/mol. The molecule has 6 nitrogen and oxygen atoms in total. The molecule has 58 heavy (non-hydrogen) atoms. The summed E-state index contributed by atoms with van der Waals surface area (Å²) < 4.78 is 14.9. The van der Waals surface area contributed by atoms with E-state index in [1.807, 2.05) is 72.8 Å². The number of hydrogen-bond donors (Lipinski definition) is 0. The van der Waals surface area contributed by atoms with Gasteiger partial charge in [-0.2, -0.15) is 0 Å². The van der Waals surface area contributed by atoms with Gasteiger partial charge in [0.05, 0.1) is 17.6 Å². The number of aromatic nitrogens is 1. The first-order valence-electron chi connectivity index (χ1n) is 19.3. The molecule has 0 aliphatic heterocycles. The Balaban J connectivity index is 1.01. The Labute approximate surface area is 333 Å². The molecule has 0 aliphatic rings. The second kappa shape index (κ2) is 13.7. The third kappa shape index (κ3) is 5.61. The molecule has 11 rings (SSSR count). The van der Waals surface area contributed by atoms with Crippen LogP contribution in [0.4, 0.5) is 0 Å². The van der Waals surface area contributed by atoms with Crippen molar-refractivity contribution in [3.63, 3.8) is 0 Å². The number of fused-ring (bicyclic) bond motifs is 9. The minimum atomic E-state index is 0.392. The average molecular weight is 747 g/mol. The highest BCUT2D eigenvalue weighted by Crippen LogP contribution is 2.38. The molecule has 0 amide bonds. The molecular formula is C52H34N4O2. The first-order valence-corrected chi connectivity index (χ1v) is 19.3. The molecule has 0 saturated carbocycles. The molecule has 3 heterocycles. The minimum absolute atomic E-state index is 0.392. The molecule has 3 aromatic heterocycles. The molecule has 11 aromatic rings. The lowest BCUT2D eigenvalue weighted by Crippen LogP contribution is -2.06. The Morgan fingerprint density at radius 1 is 0.483 bits per heavy atom. The van der Waals surface area contributed by atoms with E-state index in [1.165, 1.54) is 10.8 Å². The van der Waals surface area contributed by atoms with Gasteiger partial charge in [0.2, 0.25) is 0 Å². The van der Waals surface area contributed by atoms with Crippen molar-refractivity contribution in [1.29, 1.82) is 0 Å². The third-order valence-electron chi connectivity index (χ3n) is 11.0. The molecular weight excluding hydrogens is 713 g/mol. The SMILES string of the molecule is C=NC(=NC(=NCc1cccc(-n2c3ccccc3c3cc(-c4ccc5c(c4)oc4ccccc45)ccc32)c1)c1cccc2oc3ccccc3c12)c1ccccc1. The fourth-order valence-corrected chi connectivity index (χ4v) is 8.32. The largest absolute Gasteiger partial charge is 0.456 e. The number of hydrogen-bond acceptors (Lipinski definition) is 3. The van der Waals surface area contributed by atoms with Crippen molar-refractivity contribution in [2.45, 2.75) is 6.54 Å². The van der Waals surface area contributed by atoms with Crippen molar-refractivity contribution in [2.75, 3.05) is 0 Å². The first kappa shape index (κ1) is 33.5. The van der Waals surface area contributed by atoms with Crippen LogP contribution >= 0.6 is 0 Å². The Morgan fingerprint density at radius 3 is 2.00 bits per heavy atom. The standard InChI is InChI=1S/C52H34N4O2/c1-53-51(34-14-3-2-4-15-34)55-52(42-20-12-24-48-50(42)41-19-7-10-23-47(41)57-48)54-32-33-13-11-16-37(29-33)56-44-21-8-5-17-38(44)43-30-35(26-28-45(43)56)36-25-27-40-39-18-6-9-22-46(39)58-49(40)31-36/h2-31H,1,32H2. The zero-order chi connectivity index (χ0) is 38.6. The average Bonchev–Trinajstić information content (AvgIpc) is 3.96. The van der Waals surface area contributed by atoms with Gasteiger partial charge in [0.25, 0.3) is 0 Å². The summed E-state index contributed by atoms with van der Waals surface area (Å²) >= 11 is 0. The predicted octanol–water partition coefficient (Wildman–Crippen LogP) is 13.3. The Hall–Kier alpha value is -7.83. The van der Waals surface area contributed by atoms with Crippen LogP contribution in [-0.4, -0.2) is 23.0 Å². The zero-order valence-corrected chi connectivity index (χ0v) is 31.3. The van der Waals surface area contributed by atoms with Gasteiger partial charge >= 0.3 is 0 Å². The van der Waals surface area contributed by atoms with Gasteiger partial charge < -0.3 is 13.4 Å². The molecule has 0 spiro atoms. The number of amidine groups is 2. The number of aliphatic imine (C=N–C) groups is 3. The van der Waals surface area contributed by atoms with E-state index in [9.17, 15) is 0 Å². The van der Waals surface area contributed by atoms with Gasteiger partial charge in [0, 0.05) is 49.1 Å². The molecule has 0 bridgehead atoms. The van der Waals surface area contributed by atoms with E-state index in [2.05, 4.69) is 125 Å². The highest BCUT2D eigenvalue weighted by atomic mass is 16.3. The molecule has 0 atom stereocenters. The lowest BCUT2D eigenvalue weighted by molar-refractivity contribution is 0.668. The molecule has 0 saturated heterocycles. The minimum Gasteiger partial charge on any atom is -0.456 e. The van der Waals surface area contributed by atoms with Crippen molar-refractivity contribution in [3.8, 4) is 16.8 Å². The lowest BCUT2D eigenvalue weighted by Gasteiger charge is -2.11. The summed E-state index contributed by atoms with van der Waals surface area (Å²) in [7, 11) is 0. The second-order valence-corrected chi connectivity index (χ2v) is 14.4. The molecule has 0 radical (unpaired) electrons. The third-order valence-corrected chi connectivity index (χ3v) is 11.0. The van der Waals surface area contributed by atoms with Gasteiger partial charge in [-0.15, -0.1) is 0 Å². The summed E-state index contributed by atoms with van der Waals surface area (Å²) in [5, 5.41) is 6.61. The summed E-state index contributed by atoms with van der Waals surface area (Å²) in [6, 6.07) is 62.6. The normalized spacial score (nSPS) is 12.5. The zero-order valence-electron chi connectivity index (χ0n) is 31.3. The Bertz CT molecular complexity index is 3460. The van der Waals surface area contributed by atoms with Crippen LogP contribution in [0.15, 0.2) is 206 Å². The second-order valence-electron chi connectivity index (χ2n) is 14.4. The highest BCUT2D eigenvalue weighted by Gasteiger charge is 2.18. The van der Waals surface area contributed by atoms with Crippen LogP contribution in [0, 0.1) is 0 Å². The Kier molecular flexibility index (Phi) is 7.93. The van der Waals surface area contributed by atoms with Crippen molar-refractivity contribution >= 4 is 84.1 Å². The van der Waals surface area contributed by atoms with Crippen LogP contribution in [0.25, 0.3) is 82.5 Å². The molecule has 0 unspecified atom stereocenters. The summed E-state index contributed by atoms with van der Waals surface area (Å²) in [6.45, 7) is 4.27. The van der Waals surface area contributed by atoms with Crippen molar-refractivity contribution < 1.29 is 8.83 Å². The lowest BCUT2D eigenvalue weighted by atomic mass is 10.0. The number of para-hydroxylation sites is 3. The summed E-state index contributed by atoms with van der Waals surface area (Å²) in [5.41, 5.74) is 11.7. The van der Waals surface area contributed by atoms with Gasteiger partial charge in [-0.05, 0) is 84.1 Å². The van der Waals surface area contributed by atoms with E-state index >= 15 is 0 Å². The van der Waals surface area contributed by atoms with Gasteiger partial charge in [0.1, 0.15) is 22.3 Å². The number of rotatable bonds is 6. The summed E-state index contributed by atoms with van der Waals surface area (Å²) in [6.07, 6.45) is 0. The van der Waals surface area contributed by atoms with Gasteiger partial charge in [0.15, 0.2) is 11.7 Å². The van der Waals surface area contributed by atoms with Crippen LogP contribution in [0.1, 0.15) is 16.7 Å². The first-order chi connectivity index (χ1) is 28.7. The molecule has 8 aromatic carbocycles. The van der Waals surface area contributed by atoms with E-state index < -0.39 is 0 Å². The van der Waals surface area contributed by atoms with E-state index in [-0.39, 0.29) is 0 Å². The summed E-state index contributed by atoms with van der Waals surface area (Å²) in [5.74, 6) is 1.05. The van der Waals surface area contributed by atoms with E-state index in [4.69, 9.17) is 18.8 Å². The highest BCUT2D eigenvalue weighted by molar-refractivity contribution is 6.21. The smallest absolute Gasteiger partial charge is 0.161 e. The fourth-order valence-electron chi connectivity index (χ4n) is 8.32. The van der Waals surface area contributed by atoms with Crippen molar-refractivity contribution in [2.24, 2.45) is 15.0 Å².